The van der Waals surface area contributed by atoms with E-state index in [9.17, 15) is 9.59 Å². The smallest absolute Gasteiger partial charge is 0.326 e. The number of methoxy groups -OCH3 is 1. The molecule has 136 valence electrons. The number of benzene rings is 2. The number of primary amides is 1. The van der Waals surface area contributed by atoms with Crippen LogP contribution in [0.1, 0.15) is 33.9 Å². The minimum Gasteiger partial charge on any atom is -0.497 e. The number of halogens is 1. The summed E-state index contributed by atoms with van der Waals surface area (Å²) in [6.07, 6.45) is 1.38. The van der Waals surface area contributed by atoms with Gasteiger partial charge in [-0.3, -0.25) is 10.2 Å². The molecule has 0 radical (unpaired) electrons. The molecular weight excluding hydrogens is 354 g/mol. The zero-order chi connectivity index (χ0) is 18.7. The average Bonchev–Trinajstić information content (AvgIpc) is 2.64. The highest BCUT2D eigenvalue weighted by atomic mass is 35.5. The number of hydrogen-bond donors (Lipinski definition) is 3. The number of aryl methyl sites for hydroxylation is 1. The lowest BCUT2D eigenvalue weighted by Crippen LogP contribution is -2.47. The van der Waals surface area contributed by atoms with Crippen LogP contribution in [0.3, 0.4) is 0 Å². The third kappa shape index (κ3) is 3.81. The minimum absolute atomic E-state index is 0.0209. The van der Waals surface area contributed by atoms with Crippen LogP contribution in [-0.4, -0.2) is 18.9 Å². The lowest BCUT2D eigenvalue weighted by molar-refractivity contribution is 0.0861. The number of ketones is 1. The van der Waals surface area contributed by atoms with E-state index in [1.54, 1.807) is 31.4 Å². The van der Waals surface area contributed by atoms with Crippen molar-refractivity contribution < 1.29 is 14.3 Å². The lowest BCUT2D eigenvalue weighted by Gasteiger charge is -2.31. The Morgan fingerprint density at radius 1 is 1.27 bits per heavy atom. The Morgan fingerprint density at radius 3 is 2.65 bits per heavy atom. The summed E-state index contributed by atoms with van der Waals surface area (Å²) in [7, 11) is 1.60. The topological polar surface area (TPSA) is 93.4 Å². The number of nitrogens with one attached hydrogen (secondary N) is 2. The van der Waals surface area contributed by atoms with Crippen molar-refractivity contribution in [3.8, 4) is 5.75 Å². The van der Waals surface area contributed by atoms with Crippen LogP contribution < -0.4 is 21.3 Å². The molecule has 2 aromatic carbocycles. The molecule has 6 nitrogen and oxygen atoms in total. The fourth-order valence-electron chi connectivity index (χ4n) is 3.34. The molecule has 1 aliphatic carbocycles. The van der Waals surface area contributed by atoms with Crippen LogP contribution in [0.2, 0.25) is 5.02 Å². The first-order valence-corrected chi connectivity index (χ1v) is 8.65. The van der Waals surface area contributed by atoms with Crippen LogP contribution in [0.25, 0.3) is 0 Å². The van der Waals surface area contributed by atoms with Gasteiger partial charge in [0.25, 0.3) is 0 Å². The molecular formula is C19H20ClN3O3. The predicted octanol–water partition coefficient (Wildman–Crippen LogP) is 3.01. The van der Waals surface area contributed by atoms with Gasteiger partial charge >= 0.3 is 6.03 Å². The number of amides is 2. The monoisotopic (exact) mass is 373 g/mol. The fraction of sp³-hybridized carbons (Fsp3) is 0.263. The number of hydrogen-bond acceptors (Lipinski definition) is 4. The van der Waals surface area contributed by atoms with Crippen molar-refractivity contribution >= 4 is 23.4 Å². The summed E-state index contributed by atoms with van der Waals surface area (Å²) in [5, 5.41) is 0.600. The molecule has 26 heavy (non-hydrogen) atoms. The molecule has 0 fully saturated rings. The zero-order valence-corrected chi connectivity index (χ0v) is 15.0. The third-order valence-corrected chi connectivity index (χ3v) is 4.87. The summed E-state index contributed by atoms with van der Waals surface area (Å²) in [6, 6.07) is 11.5. The normalized spacial score (nSPS) is 17.3. The molecule has 1 aliphatic rings. The second-order valence-corrected chi connectivity index (χ2v) is 6.63. The Hall–Kier alpha value is -2.57. The molecule has 0 aliphatic heterocycles. The summed E-state index contributed by atoms with van der Waals surface area (Å²) < 4.78 is 5.24. The van der Waals surface area contributed by atoms with Crippen LogP contribution in [0.15, 0.2) is 42.5 Å². The Morgan fingerprint density at radius 2 is 2.00 bits per heavy atom. The van der Waals surface area contributed by atoms with Crippen LogP contribution in [0, 0.1) is 5.92 Å². The Kier molecular flexibility index (Phi) is 5.44. The fourth-order valence-corrected chi connectivity index (χ4v) is 3.47. The highest BCUT2D eigenvalue weighted by Crippen LogP contribution is 2.35. The van der Waals surface area contributed by atoms with Gasteiger partial charge in [0, 0.05) is 16.5 Å². The van der Waals surface area contributed by atoms with Gasteiger partial charge < -0.3 is 10.5 Å². The molecule has 0 heterocycles. The molecule has 2 aromatic rings. The summed E-state index contributed by atoms with van der Waals surface area (Å²) in [4.78, 5) is 24.2. The number of ether oxygens (including phenoxy) is 1. The van der Waals surface area contributed by atoms with Crippen molar-refractivity contribution in [2.24, 2.45) is 11.7 Å². The maximum absolute atomic E-state index is 13.1. The van der Waals surface area contributed by atoms with E-state index in [1.807, 2.05) is 18.2 Å². The SMILES string of the molecule is COc1ccc2c(c1)CCC(C(NNC(N)=O)c1ccc(Cl)cc1)C2=O. The first-order valence-electron chi connectivity index (χ1n) is 8.27. The van der Waals surface area contributed by atoms with E-state index < -0.39 is 12.1 Å². The second kappa shape index (κ2) is 7.76. The summed E-state index contributed by atoms with van der Waals surface area (Å²) >= 11 is 5.96. The van der Waals surface area contributed by atoms with Gasteiger partial charge in [0.2, 0.25) is 0 Å². The number of fused-ring (bicyclic) bond motifs is 1. The molecule has 0 saturated carbocycles. The molecule has 0 aromatic heterocycles. The molecule has 0 bridgehead atoms. The highest BCUT2D eigenvalue weighted by molar-refractivity contribution is 6.30. The minimum atomic E-state index is -0.711. The Labute approximate surface area is 156 Å². The van der Waals surface area contributed by atoms with Crippen molar-refractivity contribution in [3.05, 3.63) is 64.2 Å². The van der Waals surface area contributed by atoms with E-state index >= 15 is 0 Å². The van der Waals surface area contributed by atoms with Crippen LogP contribution >= 0.6 is 11.6 Å². The quantitative estimate of drug-likeness (QED) is 0.702. The van der Waals surface area contributed by atoms with Gasteiger partial charge in [0.05, 0.1) is 13.2 Å². The second-order valence-electron chi connectivity index (χ2n) is 6.20. The lowest BCUT2D eigenvalue weighted by atomic mass is 9.77. The van der Waals surface area contributed by atoms with Crippen molar-refractivity contribution in [3.63, 3.8) is 0 Å². The maximum atomic E-state index is 13.1. The number of carbonyl (C=O) groups excluding carboxylic acids is 2. The first-order chi connectivity index (χ1) is 12.5. The molecule has 2 atom stereocenters. The molecule has 0 saturated heterocycles. The summed E-state index contributed by atoms with van der Waals surface area (Å²) in [5.74, 6) is 0.411. The van der Waals surface area contributed by atoms with Gasteiger partial charge in [-0.25, -0.2) is 10.2 Å². The largest absolute Gasteiger partial charge is 0.497 e. The van der Waals surface area contributed by atoms with Crippen molar-refractivity contribution in [1.82, 2.24) is 10.9 Å². The number of carbonyl (C=O) groups is 2. The molecule has 3 rings (SSSR count). The van der Waals surface area contributed by atoms with Gasteiger partial charge in [-0.2, -0.15) is 0 Å². The number of hydrazine groups is 1. The van der Waals surface area contributed by atoms with Crippen LogP contribution in [0.5, 0.6) is 5.75 Å². The summed E-state index contributed by atoms with van der Waals surface area (Å²) in [5.41, 5.74) is 13.0. The zero-order valence-electron chi connectivity index (χ0n) is 14.3. The van der Waals surface area contributed by atoms with Crippen LogP contribution in [0.4, 0.5) is 4.79 Å². The number of Topliss-reactive ketones (excluding diaryl/α,β-unsaturated/α-hetero) is 1. The third-order valence-electron chi connectivity index (χ3n) is 4.62. The van der Waals surface area contributed by atoms with E-state index in [1.165, 1.54) is 0 Å². The van der Waals surface area contributed by atoms with Gasteiger partial charge in [0.15, 0.2) is 5.78 Å². The standard InChI is InChI=1S/C19H20ClN3O3/c1-26-14-7-9-15-12(10-14)4-8-16(18(15)24)17(22-23-19(21)25)11-2-5-13(20)6-3-11/h2-3,5-7,9-10,16-17,22H,4,8H2,1H3,(H3,21,23,25). The Balaban J connectivity index is 1.91. The van der Waals surface area contributed by atoms with E-state index in [0.717, 1.165) is 23.3 Å². The number of urea groups is 1. The first kappa shape index (κ1) is 18.2. The van der Waals surface area contributed by atoms with Crippen molar-refractivity contribution in [2.75, 3.05) is 7.11 Å². The van der Waals surface area contributed by atoms with Gasteiger partial charge in [-0.05, 0) is 54.3 Å². The molecule has 4 N–H and O–H groups in total. The van der Waals surface area contributed by atoms with E-state index in [4.69, 9.17) is 22.1 Å². The molecule has 0 spiro atoms. The summed E-state index contributed by atoms with van der Waals surface area (Å²) in [6.45, 7) is 0. The van der Waals surface area contributed by atoms with E-state index in [0.29, 0.717) is 17.0 Å². The molecule has 2 unspecified atom stereocenters. The van der Waals surface area contributed by atoms with Crippen LogP contribution in [-0.2, 0) is 6.42 Å². The molecule has 2 amide bonds. The van der Waals surface area contributed by atoms with Gasteiger partial charge in [-0.1, -0.05) is 23.7 Å². The van der Waals surface area contributed by atoms with E-state index in [2.05, 4.69) is 10.9 Å². The van der Waals surface area contributed by atoms with Crippen molar-refractivity contribution in [2.45, 2.75) is 18.9 Å². The molecule has 7 heteroatoms. The maximum Gasteiger partial charge on any atom is 0.326 e. The highest BCUT2D eigenvalue weighted by Gasteiger charge is 2.34. The number of rotatable bonds is 5. The van der Waals surface area contributed by atoms with Crippen molar-refractivity contribution in [1.29, 1.82) is 0 Å². The predicted molar refractivity (Wildman–Crippen MR) is 99.2 cm³/mol. The Bertz CT molecular complexity index is 823. The van der Waals surface area contributed by atoms with Gasteiger partial charge in [0.1, 0.15) is 5.75 Å². The van der Waals surface area contributed by atoms with E-state index in [-0.39, 0.29) is 11.7 Å². The number of nitrogens with two attached hydrogens (primary N) is 1. The van der Waals surface area contributed by atoms with Gasteiger partial charge in [-0.15, -0.1) is 0 Å². The average molecular weight is 374 g/mol.